The van der Waals surface area contributed by atoms with Crippen LogP contribution >= 0.6 is 11.6 Å². The van der Waals surface area contributed by atoms with E-state index in [4.69, 9.17) is 11.6 Å². The van der Waals surface area contributed by atoms with Crippen LogP contribution in [0, 0.1) is 13.8 Å². The summed E-state index contributed by atoms with van der Waals surface area (Å²) < 4.78 is 0. The van der Waals surface area contributed by atoms with E-state index in [2.05, 4.69) is 10.3 Å². The lowest BCUT2D eigenvalue weighted by atomic mass is 10.1. The Morgan fingerprint density at radius 3 is 2.79 bits per heavy atom. The summed E-state index contributed by atoms with van der Waals surface area (Å²) in [6.07, 6.45) is 1.91. The van der Waals surface area contributed by atoms with Crippen LogP contribution in [0.4, 0.5) is 5.69 Å². The molecule has 3 nitrogen and oxygen atoms in total. The Balaban J connectivity index is 2.03. The molecule has 0 bridgehead atoms. The molecule has 0 aliphatic heterocycles. The number of hydrogen-bond donors (Lipinski definition) is 1. The van der Waals surface area contributed by atoms with Crippen molar-refractivity contribution in [1.82, 2.24) is 4.98 Å². The number of carbonyl (C=O) groups is 1. The minimum absolute atomic E-state index is 0.0610. The van der Waals surface area contributed by atoms with Gasteiger partial charge in [0.1, 0.15) is 5.15 Å². The number of nitrogens with one attached hydrogen (secondary N) is 1. The Kier molecular flexibility index (Phi) is 4.17. The van der Waals surface area contributed by atoms with E-state index in [1.165, 1.54) is 0 Å². The van der Waals surface area contributed by atoms with Gasteiger partial charge < -0.3 is 5.32 Å². The molecule has 1 N–H and O–H groups in total. The number of anilines is 1. The van der Waals surface area contributed by atoms with E-state index in [0.717, 1.165) is 16.7 Å². The first-order valence-corrected chi connectivity index (χ1v) is 6.40. The molecule has 4 heteroatoms. The van der Waals surface area contributed by atoms with Crippen molar-refractivity contribution in [2.75, 3.05) is 5.32 Å². The van der Waals surface area contributed by atoms with Crippen LogP contribution in [0.25, 0.3) is 0 Å². The zero-order valence-electron chi connectivity index (χ0n) is 10.9. The van der Waals surface area contributed by atoms with E-state index in [1.54, 1.807) is 6.20 Å². The van der Waals surface area contributed by atoms with Gasteiger partial charge in [0.2, 0.25) is 5.91 Å². The molecule has 2 rings (SSSR count). The first-order chi connectivity index (χ1) is 9.04. The third-order valence-corrected chi connectivity index (χ3v) is 3.14. The van der Waals surface area contributed by atoms with E-state index in [1.807, 2.05) is 44.2 Å². The maximum Gasteiger partial charge on any atom is 0.228 e. The number of hydrogen-bond acceptors (Lipinski definition) is 2. The van der Waals surface area contributed by atoms with E-state index in [0.29, 0.717) is 17.3 Å². The molecule has 0 atom stereocenters. The predicted octanol–water partition coefficient (Wildman–Crippen LogP) is 3.53. The molecule has 1 heterocycles. The zero-order chi connectivity index (χ0) is 13.8. The lowest BCUT2D eigenvalue weighted by Gasteiger charge is -2.07. The lowest BCUT2D eigenvalue weighted by molar-refractivity contribution is -0.115. The van der Waals surface area contributed by atoms with Gasteiger partial charge in [0.05, 0.1) is 18.3 Å². The minimum atomic E-state index is -0.0610. The van der Waals surface area contributed by atoms with E-state index < -0.39 is 0 Å². The molecule has 0 saturated carbocycles. The van der Waals surface area contributed by atoms with Crippen molar-refractivity contribution in [1.29, 1.82) is 0 Å². The summed E-state index contributed by atoms with van der Waals surface area (Å²) in [4.78, 5) is 15.9. The van der Waals surface area contributed by atoms with Gasteiger partial charge in [0.25, 0.3) is 0 Å². The van der Waals surface area contributed by atoms with Crippen molar-refractivity contribution < 1.29 is 4.79 Å². The van der Waals surface area contributed by atoms with Crippen LogP contribution in [0.1, 0.15) is 16.7 Å². The quantitative estimate of drug-likeness (QED) is 0.870. The molecule has 1 aromatic carbocycles. The smallest absolute Gasteiger partial charge is 0.228 e. The van der Waals surface area contributed by atoms with Gasteiger partial charge in [-0.1, -0.05) is 41.4 Å². The molecule has 98 valence electrons. The number of carbonyl (C=O) groups excluding carboxylic acids is 1. The highest BCUT2D eigenvalue weighted by molar-refractivity contribution is 6.30. The molecular weight excluding hydrogens is 260 g/mol. The topological polar surface area (TPSA) is 42.0 Å². The monoisotopic (exact) mass is 274 g/mol. The summed E-state index contributed by atoms with van der Waals surface area (Å²) >= 11 is 5.84. The number of rotatable bonds is 3. The van der Waals surface area contributed by atoms with Gasteiger partial charge in [-0.25, -0.2) is 4.98 Å². The zero-order valence-corrected chi connectivity index (χ0v) is 11.7. The maximum atomic E-state index is 11.9. The molecule has 0 fully saturated rings. The maximum absolute atomic E-state index is 11.9. The van der Waals surface area contributed by atoms with E-state index >= 15 is 0 Å². The largest absolute Gasteiger partial charge is 0.324 e. The number of amides is 1. The number of pyridine rings is 1. The third kappa shape index (κ3) is 3.80. The molecule has 1 aromatic heterocycles. The number of aromatic nitrogens is 1. The van der Waals surface area contributed by atoms with Crippen molar-refractivity contribution in [2.45, 2.75) is 20.3 Å². The second kappa shape index (κ2) is 5.85. The van der Waals surface area contributed by atoms with Crippen LogP contribution in [0.2, 0.25) is 5.15 Å². The molecule has 0 spiro atoms. The first kappa shape index (κ1) is 13.6. The number of halogens is 1. The van der Waals surface area contributed by atoms with Gasteiger partial charge in [-0.3, -0.25) is 4.79 Å². The number of nitrogens with zero attached hydrogens (tertiary/aromatic N) is 1. The lowest BCUT2D eigenvalue weighted by Crippen LogP contribution is -2.14. The van der Waals surface area contributed by atoms with Crippen LogP contribution in [-0.4, -0.2) is 10.9 Å². The van der Waals surface area contributed by atoms with Crippen LogP contribution in [0.5, 0.6) is 0 Å². The molecule has 19 heavy (non-hydrogen) atoms. The van der Waals surface area contributed by atoms with E-state index in [-0.39, 0.29) is 5.91 Å². The Labute approximate surface area is 117 Å². The molecule has 0 saturated heterocycles. The fourth-order valence-electron chi connectivity index (χ4n) is 1.84. The van der Waals surface area contributed by atoms with Gasteiger partial charge in [0.15, 0.2) is 0 Å². The van der Waals surface area contributed by atoms with Gasteiger partial charge in [0, 0.05) is 0 Å². The minimum Gasteiger partial charge on any atom is -0.324 e. The SMILES string of the molecule is Cc1cccc(CC(=O)Nc2cnc(Cl)c(C)c2)c1. The van der Waals surface area contributed by atoms with Crippen LogP contribution < -0.4 is 5.32 Å². The van der Waals surface area contributed by atoms with E-state index in [9.17, 15) is 4.79 Å². The van der Waals surface area contributed by atoms with Crippen LogP contribution in [-0.2, 0) is 11.2 Å². The Morgan fingerprint density at radius 2 is 2.11 bits per heavy atom. The third-order valence-electron chi connectivity index (χ3n) is 2.75. The Morgan fingerprint density at radius 1 is 1.32 bits per heavy atom. The number of aryl methyl sites for hydroxylation is 2. The van der Waals surface area contributed by atoms with Gasteiger partial charge in [-0.05, 0) is 31.0 Å². The average Bonchev–Trinajstić information content (AvgIpc) is 2.34. The predicted molar refractivity (Wildman–Crippen MR) is 77.5 cm³/mol. The van der Waals surface area contributed by atoms with Gasteiger partial charge in [-0.15, -0.1) is 0 Å². The van der Waals surface area contributed by atoms with Gasteiger partial charge in [-0.2, -0.15) is 0 Å². The summed E-state index contributed by atoms with van der Waals surface area (Å²) in [6.45, 7) is 3.86. The highest BCUT2D eigenvalue weighted by Gasteiger charge is 2.06. The summed E-state index contributed by atoms with van der Waals surface area (Å²) in [5, 5.41) is 3.27. The van der Waals surface area contributed by atoms with Crippen molar-refractivity contribution >= 4 is 23.2 Å². The van der Waals surface area contributed by atoms with Crippen molar-refractivity contribution in [3.8, 4) is 0 Å². The van der Waals surface area contributed by atoms with Crippen molar-refractivity contribution in [2.24, 2.45) is 0 Å². The van der Waals surface area contributed by atoms with Crippen molar-refractivity contribution in [3.63, 3.8) is 0 Å². The highest BCUT2D eigenvalue weighted by atomic mass is 35.5. The Bertz CT molecular complexity index is 611. The summed E-state index contributed by atoms with van der Waals surface area (Å²) in [7, 11) is 0. The molecule has 0 aliphatic carbocycles. The Hall–Kier alpha value is -1.87. The van der Waals surface area contributed by atoms with Gasteiger partial charge >= 0.3 is 0 Å². The summed E-state index contributed by atoms with van der Waals surface area (Å²) in [5.74, 6) is -0.0610. The molecule has 0 aliphatic rings. The standard InChI is InChI=1S/C15H15ClN2O/c1-10-4-3-5-12(6-10)8-14(19)18-13-7-11(2)15(16)17-9-13/h3-7,9H,8H2,1-2H3,(H,18,19). The van der Waals surface area contributed by atoms with Crippen molar-refractivity contribution in [3.05, 3.63) is 58.4 Å². The fourth-order valence-corrected chi connectivity index (χ4v) is 1.94. The number of benzene rings is 1. The second-order valence-corrected chi connectivity index (χ2v) is 4.90. The molecular formula is C15H15ClN2O. The summed E-state index contributed by atoms with van der Waals surface area (Å²) in [5.41, 5.74) is 3.65. The molecule has 0 radical (unpaired) electrons. The molecule has 0 unspecified atom stereocenters. The second-order valence-electron chi connectivity index (χ2n) is 4.55. The first-order valence-electron chi connectivity index (χ1n) is 6.02. The average molecular weight is 275 g/mol. The highest BCUT2D eigenvalue weighted by Crippen LogP contribution is 2.16. The fraction of sp³-hybridized carbons (Fsp3) is 0.200. The normalized spacial score (nSPS) is 10.3. The summed E-state index contributed by atoms with van der Waals surface area (Å²) in [6, 6.07) is 9.71. The van der Waals surface area contributed by atoms with Crippen LogP contribution in [0.15, 0.2) is 36.5 Å². The molecule has 1 amide bonds. The molecule has 2 aromatic rings. The van der Waals surface area contributed by atoms with Crippen LogP contribution in [0.3, 0.4) is 0 Å².